The zero-order chi connectivity index (χ0) is 13.0. The van der Waals surface area contributed by atoms with Crippen LogP contribution in [0.3, 0.4) is 0 Å². The molecule has 3 heteroatoms. The average molecular weight is 310 g/mol. The van der Waals surface area contributed by atoms with E-state index in [1.165, 1.54) is 11.1 Å². The Bertz CT molecular complexity index is 419. The van der Waals surface area contributed by atoms with Crippen molar-refractivity contribution in [3.8, 4) is 0 Å². The smallest absolute Gasteiger partial charge is 0.227 e. The standard InChI is InChI=1S/C15H20BrNO/c1-11(9-16)10-17-15(18)14-8-4-6-12-5-2-3-7-13(12)14/h2-3,5,7,11,14H,4,6,8-10H2,1H3,(H,17,18). The highest BCUT2D eigenvalue weighted by molar-refractivity contribution is 9.09. The Hall–Kier alpha value is -0.830. The van der Waals surface area contributed by atoms with Gasteiger partial charge in [-0.2, -0.15) is 0 Å². The summed E-state index contributed by atoms with van der Waals surface area (Å²) in [5, 5.41) is 4.00. The second-order valence-electron chi connectivity index (χ2n) is 5.15. The lowest BCUT2D eigenvalue weighted by atomic mass is 9.82. The van der Waals surface area contributed by atoms with Crippen molar-refractivity contribution in [3.05, 3.63) is 35.4 Å². The molecular formula is C15H20BrNO. The van der Waals surface area contributed by atoms with Crippen LogP contribution >= 0.6 is 15.9 Å². The molecular weight excluding hydrogens is 290 g/mol. The Morgan fingerprint density at radius 3 is 3.06 bits per heavy atom. The molecule has 0 saturated carbocycles. The van der Waals surface area contributed by atoms with Crippen LogP contribution in [0.5, 0.6) is 0 Å². The number of carbonyl (C=O) groups is 1. The molecule has 0 fully saturated rings. The summed E-state index contributed by atoms with van der Waals surface area (Å²) in [5.74, 6) is 0.722. The molecule has 0 aliphatic heterocycles. The third-order valence-electron chi connectivity index (χ3n) is 3.57. The fourth-order valence-corrected chi connectivity index (χ4v) is 2.71. The van der Waals surface area contributed by atoms with Gasteiger partial charge in [-0.15, -0.1) is 0 Å². The van der Waals surface area contributed by atoms with Gasteiger partial charge in [0.1, 0.15) is 0 Å². The fraction of sp³-hybridized carbons (Fsp3) is 0.533. The molecule has 2 nitrogen and oxygen atoms in total. The van der Waals surface area contributed by atoms with Crippen LogP contribution in [-0.2, 0) is 11.2 Å². The fourth-order valence-electron chi connectivity index (χ4n) is 2.48. The van der Waals surface area contributed by atoms with E-state index in [9.17, 15) is 4.79 Å². The first-order chi connectivity index (χ1) is 8.72. The van der Waals surface area contributed by atoms with Crippen molar-refractivity contribution in [3.63, 3.8) is 0 Å². The maximum atomic E-state index is 12.3. The third-order valence-corrected chi connectivity index (χ3v) is 4.68. The van der Waals surface area contributed by atoms with Gasteiger partial charge in [0, 0.05) is 11.9 Å². The van der Waals surface area contributed by atoms with Crippen LogP contribution in [0, 0.1) is 5.92 Å². The maximum absolute atomic E-state index is 12.3. The van der Waals surface area contributed by atoms with Crippen LogP contribution < -0.4 is 5.32 Å². The van der Waals surface area contributed by atoms with Gasteiger partial charge < -0.3 is 5.32 Å². The number of carbonyl (C=O) groups excluding carboxylic acids is 1. The van der Waals surface area contributed by atoms with E-state index < -0.39 is 0 Å². The summed E-state index contributed by atoms with van der Waals surface area (Å²) < 4.78 is 0. The summed E-state index contributed by atoms with van der Waals surface area (Å²) >= 11 is 3.44. The zero-order valence-corrected chi connectivity index (χ0v) is 12.4. The van der Waals surface area contributed by atoms with Crippen LogP contribution in [0.15, 0.2) is 24.3 Å². The predicted octanol–water partition coefficient (Wildman–Crippen LogP) is 3.25. The highest BCUT2D eigenvalue weighted by Crippen LogP contribution is 2.31. The number of aryl methyl sites for hydroxylation is 1. The lowest BCUT2D eigenvalue weighted by Gasteiger charge is -2.25. The lowest BCUT2D eigenvalue weighted by Crippen LogP contribution is -2.34. The molecule has 1 amide bonds. The molecule has 0 spiro atoms. The maximum Gasteiger partial charge on any atom is 0.227 e. The molecule has 1 aromatic rings. The van der Waals surface area contributed by atoms with Gasteiger partial charge in [0.25, 0.3) is 0 Å². The van der Waals surface area contributed by atoms with E-state index in [1.807, 2.05) is 6.07 Å². The number of hydrogen-bond acceptors (Lipinski definition) is 1. The summed E-state index contributed by atoms with van der Waals surface area (Å²) in [6, 6.07) is 8.35. The van der Waals surface area contributed by atoms with Crippen LogP contribution in [0.1, 0.15) is 36.8 Å². The molecule has 2 rings (SSSR count). The highest BCUT2D eigenvalue weighted by Gasteiger charge is 2.25. The second-order valence-corrected chi connectivity index (χ2v) is 5.80. The Balaban J connectivity index is 2.04. The van der Waals surface area contributed by atoms with Crippen molar-refractivity contribution in [2.75, 3.05) is 11.9 Å². The van der Waals surface area contributed by atoms with Gasteiger partial charge in [0.2, 0.25) is 5.91 Å². The Morgan fingerprint density at radius 1 is 1.50 bits per heavy atom. The van der Waals surface area contributed by atoms with E-state index >= 15 is 0 Å². The third kappa shape index (κ3) is 3.14. The quantitative estimate of drug-likeness (QED) is 0.850. The SMILES string of the molecule is CC(CBr)CNC(=O)C1CCCc2ccccc21. The van der Waals surface area contributed by atoms with Gasteiger partial charge in [-0.3, -0.25) is 4.79 Å². The number of nitrogens with one attached hydrogen (secondary N) is 1. The molecule has 2 unspecified atom stereocenters. The largest absolute Gasteiger partial charge is 0.355 e. The number of fused-ring (bicyclic) bond motifs is 1. The molecule has 1 aliphatic carbocycles. The predicted molar refractivity (Wildman–Crippen MR) is 78.1 cm³/mol. The molecule has 0 bridgehead atoms. The number of halogens is 1. The number of alkyl halides is 1. The van der Waals surface area contributed by atoms with Gasteiger partial charge in [0.05, 0.1) is 5.92 Å². The minimum atomic E-state index is 0.0532. The molecule has 2 atom stereocenters. The van der Waals surface area contributed by atoms with Gasteiger partial charge in [-0.25, -0.2) is 0 Å². The molecule has 1 aromatic carbocycles. The summed E-state index contributed by atoms with van der Waals surface area (Å²) in [7, 11) is 0. The van der Waals surface area contributed by atoms with E-state index in [4.69, 9.17) is 0 Å². The van der Waals surface area contributed by atoms with Crippen molar-refractivity contribution in [1.82, 2.24) is 5.32 Å². The molecule has 98 valence electrons. The van der Waals surface area contributed by atoms with Crippen LogP contribution in [0.2, 0.25) is 0 Å². The molecule has 1 aliphatic rings. The minimum Gasteiger partial charge on any atom is -0.355 e. The van der Waals surface area contributed by atoms with E-state index in [1.54, 1.807) is 0 Å². The van der Waals surface area contributed by atoms with Crippen molar-refractivity contribution < 1.29 is 4.79 Å². The Labute approximate surface area is 117 Å². The van der Waals surface area contributed by atoms with Gasteiger partial charge in [-0.1, -0.05) is 47.1 Å². The molecule has 0 heterocycles. The number of benzene rings is 1. The first-order valence-electron chi connectivity index (χ1n) is 6.64. The average Bonchev–Trinajstić information content (AvgIpc) is 2.43. The van der Waals surface area contributed by atoms with Crippen molar-refractivity contribution in [2.24, 2.45) is 5.92 Å². The van der Waals surface area contributed by atoms with E-state index in [2.05, 4.69) is 46.4 Å². The summed E-state index contributed by atoms with van der Waals surface area (Å²) in [6.45, 7) is 2.88. The van der Waals surface area contributed by atoms with Crippen LogP contribution in [0.4, 0.5) is 0 Å². The summed E-state index contributed by atoms with van der Waals surface area (Å²) in [6.07, 6.45) is 3.20. The van der Waals surface area contributed by atoms with E-state index in [0.717, 1.165) is 31.1 Å². The van der Waals surface area contributed by atoms with Crippen molar-refractivity contribution in [2.45, 2.75) is 32.1 Å². The number of hydrogen-bond donors (Lipinski definition) is 1. The van der Waals surface area contributed by atoms with Gasteiger partial charge >= 0.3 is 0 Å². The van der Waals surface area contributed by atoms with Crippen molar-refractivity contribution in [1.29, 1.82) is 0 Å². The first-order valence-corrected chi connectivity index (χ1v) is 7.76. The number of amides is 1. The van der Waals surface area contributed by atoms with Crippen LogP contribution in [0.25, 0.3) is 0 Å². The monoisotopic (exact) mass is 309 g/mol. The summed E-state index contributed by atoms with van der Waals surface area (Å²) in [5.41, 5.74) is 2.57. The van der Waals surface area contributed by atoms with Gasteiger partial charge in [-0.05, 0) is 36.3 Å². The molecule has 0 radical (unpaired) electrons. The lowest BCUT2D eigenvalue weighted by molar-refractivity contribution is -0.123. The molecule has 0 aromatic heterocycles. The van der Waals surface area contributed by atoms with Crippen molar-refractivity contribution >= 4 is 21.8 Å². The minimum absolute atomic E-state index is 0.0532. The zero-order valence-electron chi connectivity index (χ0n) is 10.8. The second kappa shape index (κ2) is 6.37. The molecule has 0 saturated heterocycles. The van der Waals surface area contributed by atoms with E-state index in [-0.39, 0.29) is 11.8 Å². The highest BCUT2D eigenvalue weighted by atomic mass is 79.9. The normalized spacial score (nSPS) is 20.0. The van der Waals surface area contributed by atoms with E-state index in [0.29, 0.717) is 5.92 Å². The molecule has 1 N–H and O–H groups in total. The topological polar surface area (TPSA) is 29.1 Å². The number of rotatable bonds is 4. The van der Waals surface area contributed by atoms with Gasteiger partial charge in [0.15, 0.2) is 0 Å². The Kier molecular flexibility index (Phi) is 4.81. The molecule has 18 heavy (non-hydrogen) atoms. The van der Waals surface area contributed by atoms with Crippen LogP contribution in [-0.4, -0.2) is 17.8 Å². The first kappa shape index (κ1) is 13.6. The summed E-state index contributed by atoms with van der Waals surface area (Å²) in [4.78, 5) is 12.3. The Morgan fingerprint density at radius 2 is 2.28 bits per heavy atom.